The third-order valence-corrected chi connectivity index (χ3v) is 5.22. The Morgan fingerprint density at radius 1 is 1.24 bits per heavy atom. The van der Waals surface area contributed by atoms with Crippen LogP contribution in [0.4, 0.5) is 5.82 Å². The van der Waals surface area contributed by atoms with E-state index in [1.54, 1.807) is 6.33 Å². The smallest absolute Gasteiger partial charge is 0.147 e. The van der Waals surface area contributed by atoms with Gasteiger partial charge in [0.25, 0.3) is 0 Å². The van der Waals surface area contributed by atoms with Crippen molar-refractivity contribution in [1.82, 2.24) is 19.5 Å². The molecule has 0 aliphatic carbocycles. The van der Waals surface area contributed by atoms with E-state index in [9.17, 15) is 0 Å². The van der Waals surface area contributed by atoms with E-state index in [1.165, 1.54) is 6.33 Å². The molecular weight excluding hydrogens is 444 g/mol. The summed E-state index contributed by atoms with van der Waals surface area (Å²) in [5.41, 5.74) is 6.88. The summed E-state index contributed by atoms with van der Waals surface area (Å²) in [5, 5.41) is 0. The second kappa shape index (κ2) is 5.04. The highest BCUT2D eigenvalue weighted by Crippen LogP contribution is 2.27. The van der Waals surface area contributed by atoms with Gasteiger partial charge in [0.15, 0.2) is 0 Å². The number of imidazole rings is 1. The SMILES string of the molecule is CC(C)c1c(N)ncnc1-n1cnc(I)c1I. The zero-order chi connectivity index (χ0) is 12.6. The van der Waals surface area contributed by atoms with E-state index in [0.29, 0.717) is 5.82 Å². The highest BCUT2D eigenvalue weighted by molar-refractivity contribution is 14.1. The normalized spacial score (nSPS) is 11.1. The van der Waals surface area contributed by atoms with Crippen molar-refractivity contribution >= 4 is 51.0 Å². The first-order valence-electron chi connectivity index (χ1n) is 5.01. The van der Waals surface area contributed by atoms with Crippen molar-refractivity contribution in [1.29, 1.82) is 0 Å². The van der Waals surface area contributed by atoms with Crippen molar-refractivity contribution in [2.24, 2.45) is 0 Å². The average Bonchev–Trinajstić information content (AvgIpc) is 2.59. The summed E-state index contributed by atoms with van der Waals surface area (Å²) in [6.45, 7) is 4.15. The molecule has 0 saturated carbocycles. The molecule has 0 unspecified atom stereocenters. The lowest BCUT2D eigenvalue weighted by Crippen LogP contribution is -2.09. The lowest BCUT2D eigenvalue weighted by Gasteiger charge is -2.14. The maximum atomic E-state index is 5.93. The molecule has 2 aromatic heterocycles. The first-order chi connectivity index (χ1) is 8.02. The van der Waals surface area contributed by atoms with Gasteiger partial charge in [0.1, 0.15) is 31.7 Å². The minimum Gasteiger partial charge on any atom is -0.383 e. The molecule has 2 aromatic rings. The number of hydrogen-bond acceptors (Lipinski definition) is 4. The number of halogens is 2. The number of nitrogens with zero attached hydrogens (tertiary/aromatic N) is 4. The third kappa shape index (κ3) is 2.39. The van der Waals surface area contributed by atoms with E-state index in [4.69, 9.17) is 5.73 Å². The first-order valence-corrected chi connectivity index (χ1v) is 7.17. The Bertz CT molecular complexity index is 550. The number of aromatic nitrogens is 4. The van der Waals surface area contributed by atoms with Gasteiger partial charge in [-0.3, -0.25) is 4.57 Å². The zero-order valence-corrected chi connectivity index (χ0v) is 13.7. The zero-order valence-electron chi connectivity index (χ0n) is 9.35. The van der Waals surface area contributed by atoms with Crippen LogP contribution >= 0.6 is 45.2 Å². The van der Waals surface area contributed by atoms with Gasteiger partial charge in [-0.15, -0.1) is 0 Å². The summed E-state index contributed by atoms with van der Waals surface area (Å²) < 4.78 is 3.92. The van der Waals surface area contributed by atoms with Gasteiger partial charge in [-0.1, -0.05) is 13.8 Å². The molecule has 0 spiro atoms. The van der Waals surface area contributed by atoms with Crippen LogP contribution in [0.2, 0.25) is 0 Å². The van der Waals surface area contributed by atoms with Crippen molar-refractivity contribution in [3.8, 4) is 5.82 Å². The van der Waals surface area contributed by atoms with Crippen molar-refractivity contribution in [2.75, 3.05) is 5.73 Å². The second-order valence-electron chi connectivity index (χ2n) is 3.85. The summed E-state index contributed by atoms with van der Waals surface area (Å²) >= 11 is 4.44. The van der Waals surface area contributed by atoms with E-state index in [2.05, 4.69) is 74.0 Å². The fourth-order valence-electron chi connectivity index (χ4n) is 1.60. The molecule has 7 heteroatoms. The standard InChI is InChI=1S/C10H11I2N5/c1-5(2)6-9(13)14-3-15-10(6)17-4-16-7(11)8(17)12/h3-5H,1-2H3,(H2,13,14,15). The van der Waals surface area contributed by atoms with Gasteiger partial charge in [0.2, 0.25) is 0 Å². The van der Waals surface area contributed by atoms with Crippen LogP contribution in [0.25, 0.3) is 5.82 Å². The van der Waals surface area contributed by atoms with E-state index in [0.717, 1.165) is 18.8 Å². The van der Waals surface area contributed by atoms with E-state index in [1.807, 2.05) is 4.57 Å². The molecule has 5 nitrogen and oxygen atoms in total. The summed E-state index contributed by atoms with van der Waals surface area (Å²) in [5.74, 6) is 1.61. The Kier molecular flexibility index (Phi) is 3.85. The summed E-state index contributed by atoms with van der Waals surface area (Å²) in [6, 6.07) is 0. The molecule has 2 rings (SSSR count). The predicted octanol–water partition coefficient (Wildman–Crippen LogP) is 2.58. The molecule has 0 radical (unpaired) electrons. The van der Waals surface area contributed by atoms with Crippen LogP contribution in [0.15, 0.2) is 12.7 Å². The van der Waals surface area contributed by atoms with E-state index >= 15 is 0 Å². The van der Waals surface area contributed by atoms with Gasteiger partial charge in [-0.25, -0.2) is 15.0 Å². The fourth-order valence-corrected chi connectivity index (χ4v) is 2.48. The topological polar surface area (TPSA) is 69.6 Å². The van der Waals surface area contributed by atoms with Crippen LogP contribution < -0.4 is 5.73 Å². The minimum atomic E-state index is 0.266. The molecule has 0 aromatic carbocycles. The molecule has 0 saturated heterocycles. The van der Waals surface area contributed by atoms with Gasteiger partial charge in [0.05, 0.1) is 0 Å². The predicted molar refractivity (Wildman–Crippen MR) is 83.1 cm³/mol. The number of anilines is 1. The van der Waals surface area contributed by atoms with Gasteiger partial charge in [0, 0.05) is 5.56 Å². The molecule has 90 valence electrons. The maximum absolute atomic E-state index is 5.93. The number of hydrogen-bond donors (Lipinski definition) is 1. The summed E-state index contributed by atoms with van der Waals surface area (Å²) in [6.07, 6.45) is 3.25. The Hall–Kier alpha value is -0.450. The van der Waals surface area contributed by atoms with Gasteiger partial charge in [-0.05, 0) is 51.1 Å². The fraction of sp³-hybridized carbons (Fsp3) is 0.300. The van der Waals surface area contributed by atoms with Gasteiger partial charge in [-0.2, -0.15) is 0 Å². The average molecular weight is 455 g/mol. The van der Waals surface area contributed by atoms with Crippen molar-refractivity contribution < 1.29 is 0 Å². The first kappa shape index (κ1) is 13.0. The Labute approximate surface area is 127 Å². The lowest BCUT2D eigenvalue weighted by molar-refractivity contribution is 0.815. The maximum Gasteiger partial charge on any atom is 0.147 e. The Balaban J connectivity index is 2.67. The van der Waals surface area contributed by atoms with Crippen LogP contribution in [0.1, 0.15) is 25.3 Å². The Morgan fingerprint density at radius 3 is 2.47 bits per heavy atom. The van der Waals surface area contributed by atoms with Crippen LogP contribution in [-0.2, 0) is 0 Å². The van der Waals surface area contributed by atoms with E-state index in [-0.39, 0.29) is 5.92 Å². The molecule has 0 atom stereocenters. The highest BCUT2D eigenvalue weighted by Gasteiger charge is 2.17. The van der Waals surface area contributed by atoms with Crippen LogP contribution in [0.3, 0.4) is 0 Å². The van der Waals surface area contributed by atoms with E-state index < -0.39 is 0 Å². The van der Waals surface area contributed by atoms with Gasteiger partial charge < -0.3 is 5.73 Å². The van der Waals surface area contributed by atoms with Crippen molar-refractivity contribution in [2.45, 2.75) is 19.8 Å². The van der Waals surface area contributed by atoms with Crippen LogP contribution in [0, 0.1) is 7.40 Å². The Morgan fingerprint density at radius 2 is 1.94 bits per heavy atom. The molecule has 2 N–H and O–H groups in total. The van der Waals surface area contributed by atoms with Gasteiger partial charge >= 0.3 is 0 Å². The second-order valence-corrected chi connectivity index (χ2v) is 5.89. The number of nitrogen functional groups attached to an aromatic ring is 1. The molecule has 0 amide bonds. The largest absolute Gasteiger partial charge is 0.383 e. The molecule has 0 fully saturated rings. The summed E-state index contributed by atoms with van der Waals surface area (Å²) in [7, 11) is 0. The van der Waals surface area contributed by atoms with Crippen molar-refractivity contribution in [3.63, 3.8) is 0 Å². The molecule has 2 heterocycles. The lowest BCUT2D eigenvalue weighted by atomic mass is 10.0. The number of nitrogens with two attached hydrogens (primary N) is 1. The molecule has 0 aliphatic heterocycles. The third-order valence-electron chi connectivity index (χ3n) is 2.37. The highest BCUT2D eigenvalue weighted by atomic mass is 127. The van der Waals surface area contributed by atoms with Crippen molar-refractivity contribution in [3.05, 3.63) is 25.6 Å². The summed E-state index contributed by atoms with van der Waals surface area (Å²) in [4.78, 5) is 12.6. The van der Waals surface area contributed by atoms with Crippen LogP contribution in [0.5, 0.6) is 0 Å². The number of rotatable bonds is 2. The minimum absolute atomic E-state index is 0.266. The van der Waals surface area contributed by atoms with Crippen LogP contribution in [-0.4, -0.2) is 19.5 Å². The molecule has 17 heavy (non-hydrogen) atoms. The monoisotopic (exact) mass is 455 g/mol. The molecule has 0 aliphatic rings. The molecule has 0 bridgehead atoms. The molecular formula is C10H11I2N5. The quantitative estimate of drug-likeness (QED) is 0.708.